The molecule has 6 radical (unpaired) electrons. The molecule has 1 saturated carbocycles. The first kappa shape index (κ1) is 38.6. The zero-order valence-electron chi connectivity index (χ0n) is 29.1. The van der Waals surface area contributed by atoms with E-state index in [0.29, 0.717) is 0 Å². The van der Waals surface area contributed by atoms with E-state index in [1.54, 1.807) is 0 Å². The molecule has 0 aromatic heterocycles. The summed E-state index contributed by atoms with van der Waals surface area (Å²) < 4.78 is 0. The van der Waals surface area contributed by atoms with Gasteiger partial charge in [-0.1, -0.05) is 217 Å². The molecule has 0 N–H and O–H groups in total. The molecule has 0 nitrogen and oxygen atoms in total. The molecule has 0 heterocycles. The first-order valence-corrected chi connectivity index (χ1v) is 19.2. The summed E-state index contributed by atoms with van der Waals surface area (Å²) in [7, 11) is -0.892. The van der Waals surface area contributed by atoms with Crippen LogP contribution in [-0.4, -0.2) is 0 Å². The zero-order chi connectivity index (χ0) is 33.7. The maximum atomic E-state index is 2.23. The van der Waals surface area contributed by atoms with Crippen molar-refractivity contribution in [3.63, 3.8) is 0 Å². The summed E-state index contributed by atoms with van der Waals surface area (Å²) in [5, 5.41) is 8.39. The van der Waals surface area contributed by atoms with Crippen molar-refractivity contribution in [2.24, 2.45) is 0 Å². The first-order valence-electron chi connectivity index (χ1n) is 16.6. The molecule has 6 aromatic carbocycles. The maximum absolute atomic E-state index is 2.23. The monoisotopic (exact) mass is 761 g/mol. The van der Waals surface area contributed by atoms with Gasteiger partial charge in [0, 0.05) is 0 Å². The van der Waals surface area contributed by atoms with Crippen LogP contribution in [0.5, 0.6) is 0 Å². The van der Waals surface area contributed by atoms with Crippen molar-refractivity contribution in [2.45, 2.75) is 34.6 Å². The molecular formula is C46H45P2Ru+. The quantitative estimate of drug-likeness (QED) is 0.117. The van der Waals surface area contributed by atoms with Gasteiger partial charge in [0.15, 0.2) is 0 Å². The number of benzene rings is 6. The fourth-order valence-electron chi connectivity index (χ4n) is 5.76. The predicted octanol–water partition coefficient (Wildman–Crippen LogP) is 9.86. The molecule has 1 aliphatic rings. The van der Waals surface area contributed by atoms with Crippen LogP contribution in [0.3, 0.4) is 0 Å². The third-order valence-electron chi connectivity index (χ3n) is 8.90. The molecule has 6 aromatic rings. The Bertz CT molecular complexity index is 1380. The largest absolute Gasteiger partial charge is 1.00 e. The zero-order valence-corrected chi connectivity index (χ0v) is 32.6. The summed E-state index contributed by atoms with van der Waals surface area (Å²) >= 11 is 0. The molecule has 1 fully saturated rings. The second-order valence-corrected chi connectivity index (χ2v) is 16.2. The fourth-order valence-corrected chi connectivity index (χ4v) is 10.4. The third kappa shape index (κ3) is 10.4. The van der Waals surface area contributed by atoms with Gasteiger partial charge in [-0.2, -0.15) is 0 Å². The van der Waals surface area contributed by atoms with E-state index in [1.165, 1.54) is 61.4 Å². The van der Waals surface area contributed by atoms with Gasteiger partial charge in [0.05, 0.1) is 0 Å². The first-order chi connectivity index (χ1) is 23.5. The molecule has 0 amide bonds. The van der Waals surface area contributed by atoms with Crippen LogP contribution in [0.4, 0.5) is 0 Å². The van der Waals surface area contributed by atoms with Crippen molar-refractivity contribution in [3.8, 4) is 0 Å². The second-order valence-electron chi connectivity index (χ2n) is 11.8. The molecule has 0 spiro atoms. The van der Waals surface area contributed by atoms with Crippen LogP contribution in [0, 0.1) is 29.6 Å². The van der Waals surface area contributed by atoms with Gasteiger partial charge in [-0.05, 0) is 77.3 Å². The summed E-state index contributed by atoms with van der Waals surface area (Å²) in [6.45, 7) is 11.0. The summed E-state index contributed by atoms with van der Waals surface area (Å²) in [5.41, 5.74) is 0. The Balaban J connectivity index is 0.000000172. The molecule has 7 rings (SSSR count). The van der Waals surface area contributed by atoms with Crippen LogP contribution in [0.25, 0.3) is 0 Å². The Hall–Kier alpha value is -3.20. The smallest absolute Gasteiger partial charge is 0.0622 e. The Kier molecular flexibility index (Phi) is 15.6. The molecule has 3 heteroatoms. The van der Waals surface area contributed by atoms with E-state index in [1.807, 2.05) is 0 Å². The standard InChI is InChI=1S/2C18H15P.C10H15.Ru/c2*1-4-10-16(11-5-1)19(17-12-6-2-7-13-17)18-14-8-3-9-15-18;1-6-7(2)9(4)10(5)8(6)3;/h2*1-15H;1-5H3;/q;;;+1. The van der Waals surface area contributed by atoms with Crippen molar-refractivity contribution in [1.82, 2.24) is 0 Å². The second kappa shape index (κ2) is 19.9. The van der Waals surface area contributed by atoms with Crippen LogP contribution in [0.15, 0.2) is 182 Å². The van der Waals surface area contributed by atoms with Crippen LogP contribution in [0.2, 0.25) is 0 Å². The Morgan fingerprint density at radius 2 is 0.347 bits per heavy atom. The van der Waals surface area contributed by atoms with E-state index in [9.17, 15) is 0 Å². The van der Waals surface area contributed by atoms with Crippen molar-refractivity contribution in [1.29, 1.82) is 0 Å². The van der Waals surface area contributed by atoms with Gasteiger partial charge in [0.25, 0.3) is 0 Å². The van der Waals surface area contributed by atoms with E-state index in [4.69, 9.17) is 0 Å². The van der Waals surface area contributed by atoms with Crippen LogP contribution >= 0.6 is 15.8 Å². The van der Waals surface area contributed by atoms with Gasteiger partial charge >= 0.3 is 19.5 Å². The van der Waals surface area contributed by atoms with Crippen molar-refractivity contribution >= 4 is 47.7 Å². The van der Waals surface area contributed by atoms with Crippen molar-refractivity contribution in [2.75, 3.05) is 0 Å². The van der Waals surface area contributed by atoms with Crippen LogP contribution in [0.1, 0.15) is 34.6 Å². The summed E-state index contributed by atoms with van der Waals surface area (Å²) in [4.78, 5) is 0. The molecule has 246 valence electrons. The molecule has 0 bridgehead atoms. The SMILES string of the molecule is C[C]1[C](C)[C](C)[C](C)[C]1C.[Ru+].c1ccc(P(c2ccccc2)c2ccccc2)cc1.c1ccc(P(c2ccccc2)c2ccccc2)cc1. The minimum Gasteiger partial charge on any atom is -0.0622 e. The number of hydrogen-bond acceptors (Lipinski definition) is 0. The molecule has 0 saturated heterocycles. The number of hydrogen-bond donors (Lipinski definition) is 0. The molecule has 0 unspecified atom stereocenters. The molecule has 49 heavy (non-hydrogen) atoms. The van der Waals surface area contributed by atoms with E-state index in [0.717, 1.165) is 0 Å². The van der Waals surface area contributed by atoms with Crippen LogP contribution < -0.4 is 31.8 Å². The molecular weight excluding hydrogens is 716 g/mol. The van der Waals surface area contributed by atoms with Gasteiger partial charge in [-0.3, -0.25) is 0 Å². The summed E-state index contributed by atoms with van der Waals surface area (Å²) in [6, 6.07) is 64.7. The maximum Gasteiger partial charge on any atom is 1.00 e. The van der Waals surface area contributed by atoms with Crippen molar-refractivity contribution < 1.29 is 19.5 Å². The Morgan fingerprint density at radius 3 is 0.469 bits per heavy atom. The van der Waals surface area contributed by atoms with Gasteiger partial charge < -0.3 is 0 Å². The normalized spacial score (nSPS) is 14.0. The van der Waals surface area contributed by atoms with Crippen molar-refractivity contribution in [3.05, 3.63) is 212 Å². The van der Waals surface area contributed by atoms with E-state index >= 15 is 0 Å². The molecule has 1 aliphatic carbocycles. The molecule has 0 atom stereocenters. The summed E-state index contributed by atoms with van der Waals surface area (Å²) in [5.74, 6) is 7.34. The minimum absolute atomic E-state index is 0. The molecule has 0 aliphatic heterocycles. The number of rotatable bonds is 6. The van der Waals surface area contributed by atoms with Gasteiger partial charge in [0.1, 0.15) is 0 Å². The van der Waals surface area contributed by atoms with E-state index in [2.05, 4.69) is 217 Å². The predicted molar refractivity (Wildman–Crippen MR) is 215 cm³/mol. The average Bonchev–Trinajstić information content (AvgIpc) is 3.32. The summed E-state index contributed by atoms with van der Waals surface area (Å²) in [6.07, 6.45) is 0. The Morgan fingerprint density at radius 1 is 0.224 bits per heavy atom. The fraction of sp³-hybridized carbons (Fsp3) is 0.109. The van der Waals surface area contributed by atoms with Gasteiger partial charge in [-0.25, -0.2) is 0 Å². The van der Waals surface area contributed by atoms with Gasteiger partial charge in [-0.15, -0.1) is 0 Å². The van der Waals surface area contributed by atoms with E-state index in [-0.39, 0.29) is 19.5 Å². The minimum atomic E-state index is -0.446. The third-order valence-corrected chi connectivity index (χ3v) is 13.8. The van der Waals surface area contributed by atoms with E-state index < -0.39 is 15.8 Å². The Labute approximate surface area is 311 Å². The van der Waals surface area contributed by atoms with Crippen LogP contribution in [-0.2, 0) is 19.5 Å². The average molecular weight is 761 g/mol. The topological polar surface area (TPSA) is 0 Å². The van der Waals surface area contributed by atoms with Gasteiger partial charge in [0.2, 0.25) is 0 Å².